The molecule has 0 bridgehead atoms. The molecule has 0 amide bonds. The fourth-order valence-electron chi connectivity index (χ4n) is 1.43. The molecule has 1 aromatic rings. The summed E-state index contributed by atoms with van der Waals surface area (Å²) in [5.41, 5.74) is 2.71. The van der Waals surface area contributed by atoms with Gasteiger partial charge in [-0.1, -0.05) is 0 Å². The smallest absolute Gasteiger partial charge is 0.169 e. The van der Waals surface area contributed by atoms with Crippen LogP contribution in [0.25, 0.3) is 0 Å². The lowest BCUT2D eigenvalue weighted by atomic mass is 10.2. The van der Waals surface area contributed by atoms with E-state index in [1.165, 1.54) is 11.1 Å². The molecule has 0 spiro atoms. The highest BCUT2D eigenvalue weighted by molar-refractivity contribution is 7.08. The molecule has 1 heterocycles. The summed E-state index contributed by atoms with van der Waals surface area (Å²) in [6.45, 7) is 9.08. The minimum Gasteiger partial charge on any atom is -0.352 e. The molecular weight excluding hydrogens is 222 g/mol. The van der Waals surface area contributed by atoms with E-state index in [0.29, 0.717) is 13.2 Å². The molecule has 3 nitrogen and oxygen atoms in total. The maximum Gasteiger partial charge on any atom is 0.169 e. The third-order valence-corrected chi connectivity index (χ3v) is 3.20. The summed E-state index contributed by atoms with van der Waals surface area (Å²) in [5, 5.41) is 7.70. The van der Waals surface area contributed by atoms with Crippen LogP contribution < -0.4 is 5.32 Å². The highest BCUT2D eigenvalue weighted by atomic mass is 32.1. The molecule has 0 saturated heterocycles. The molecule has 92 valence electrons. The summed E-state index contributed by atoms with van der Waals surface area (Å²) in [5.74, 6) is 0. The van der Waals surface area contributed by atoms with Gasteiger partial charge in [0.25, 0.3) is 0 Å². The highest BCUT2D eigenvalue weighted by Crippen LogP contribution is 2.12. The van der Waals surface area contributed by atoms with E-state index in [0.717, 1.165) is 13.1 Å². The van der Waals surface area contributed by atoms with Crippen molar-refractivity contribution in [3.63, 3.8) is 0 Å². The summed E-state index contributed by atoms with van der Waals surface area (Å²) < 4.78 is 10.9. The maximum absolute atomic E-state index is 5.45. The first-order valence-corrected chi connectivity index (χ1v) is 6.67. The Morgan fingerprint density at radius 3 is 2.44 bits per heavy atom. The highest BCUT2D eigenvalue weighted by Gasteiger charge is 2.07. The SMILES string of the molecule is CCOC(CNCc1cscc1C)OCC. The van der Waals surface area contributed by atoms with Crippen LogP contribution >= 0.6 is 11.3 Å². The van der Waals surface area contributed by atoms with Gasteiger partial charge in [0.1, 0.15) is 0 Å². The molecule has 0 aromatic carbocycles. The second-order valence-electron chi connectivity index (χ2n) is 3.55. The van der Waals surface area contributed by atoms with E-state index in [4.69, 9.17) is 9.47 Å². The average Bonchev–Trinajstić information content (AvgIpc) is 2.65. The Labute approximate surface area is 102 Å². The van der Waals surface area contributed by atoms with Crippen molar-refractivity contribution in [3.05, 3.63) is 21.9 Å². The molecule has 1 rings (SSSR count). The summed E-state index contributed by atoms with van der Waals surface area (Å²) in [6, 6.07) is 0. The van der Waals surface area contributed by atoms with Gasteiger partial charge in [0.15, 0.2) is 6.29 Å². The zero-order valence-corrected chi connectivity index (χ0v) is 11.1. The number of nitrogens with one attached hydrogen (secondary N) is 1. The standard InChI is InChI=1S/C12H21NO2S/c1-4-14-12(15-5-2)7-13-6-11-9-16-8-10(11)3/h8-9,12-13H,4-7H2,1-3H3. The van der Waals surface area contributed by atoms with Crippen molar-refractivity contribution in [1.82, 2.24) is 5.32 Å². The Balaban J connectivity index is 2.24. The number of aryl methyl sites for hydroxylation is 1. The number of rotatable bonds is 8. The van der Waals surface area contributed by atoms with E-state index in [-0.39, 0.29) is 6.29 Å². The van der Waals surface area contributed by atoms with Crippen molar-refractivity contribution in [1.29, 1.82) is 0 Å². The van der Waals surface area contributed by atoms with E-state index in [1.54, 1.807) is 11.3 Å². The average molecular weight is 243 g/mol. The second-order valence-corrected chi connectivity index (χ2v) is 4.29. The third-order valence-electron chi connectivity index (χ3n) is 2.29. The lowest BCUT2D eigenvalue weighted by Crippen LogP contribution is -2.31. The van der Waals surface area contributed by atoms with Crippen LogP contribution in [0.15, 0.2) is 10.8 Å². The molecule has 0 aliphatic carbocycles. The van der Waals surface area contributed by atoms with Crippen molar-refractivity contribution in [2.24, 2.45) is 0 Å². The number of hydrogen-bond acceptors (Lipinski definition) is 4. The Kier molecular flexibility index (Phi) is 6.64. The number of thiophene rings is 1. The summed E-state index contributed by atoms with van der Waals surface area (Å²) in [7, 11) is 0. The first kappa shape index (κ1) is 13.6. The topological polar surface area (TPSA) is 30.5 Å². The molecule has 1 N–H and O–H groups in total. The van der Waals surface area contributed by atoms with Crippen LogP contribution in [0.2, 0.25) is 0 Å². The zero-order chi connectivity index (χ0) is 11.8. The lowest BCUT2D eigenvalue weighted by molar-refractivity contribution is -0.133. The van der Waals surface area contributed by atoms with Gasteiger partial charge in [-0.05, 0) is 42.7 Å². The van der Waals surface area contributed by atoms with Crippen LogP contribution in [0.5, 0.6) is 0 Å². The molecule has 0 saturated carbocycles. The van der Waals surface area contributed by atoms with E-state index >= 15 is 0 Å². The van der Waals surface area contributed by atoms with Gasteiger partial charge in [-0.2, -0.15) is 11.3 Å². The monoisotopic (exact) mass is 243 g/mol. The lowest BCUT2D eigenvalue weighted by Gasteiger charge is -2.17. The van der Waals surface area contributed by atoms with Crippen molar-refractivity contribution < 1.29 is 9.47 Å². The molecule has 1 aromatic heterocycles. The minimum absolute atomic E-state index is 0.131. The van der Waals surface area contributed by atoms with Crippen molar-refractivity contribution in [2.45, 2.75) is 33.6 Å². The van der Waals surface area contributed by atoms with Crippen molar-refractivity contribution >= 4 is 11.3 Å². The quantitative estimate of drug-likeness (QED) is 0.712. The zero-order valence-electron chi connectivity index (χ0n) is 10.3. The van der Waals surface area contributed by atoms with Crippen molar-refractivity contribution in [3.8, 4) is 0 Å². The first-order chi connectivity index (χ1) is 7.77. The van der Waals surface area contributed by atoms with Gasteiger partial charge in [-0.25, -0.2) is 0 Å². The van der Waals surface area contributed by atoms with Crippen LogP contribution in [-0.2, 0) is 16.0 Å². The fraction of sp³-hybridized carbons (Fsp3) is 0.667. The van der Waals surface area contributed by atoms with Gasteiger partial charge in [0, 0.05) is 26.3 Å². The van der Waals surface area contributed by atoms with Gasteiger partial charge in [0.05, 0.1) is 0 Å². The molecular formula is C12H21NO2S. The Bertz CT molecular complexity index is 282. The summed E-state index contributed by atoms with van der Waals surface area (Å²) >= 11 is 1.74. The van der Waals surface area contributed by atoms with Gasteiger partial charge < -0.3 is 14.8 Å². The molecule has 4 heteroatoms. The van der Waals surface area contributed by atoms with Crippen LogP contribution in [0.1, 0.15) is 25.0 Å². The van der Waals surface area contributed by atoms with Crippen LogP contribution in [0.3, 0.4) is 0 Å². The maximum atomic E-state index is 5.45. The van der Waals surface area contributed by atoms with Crippen LogP contribution in [-0.4, -0.2) is 26.0 Å². The molecule has 0 aliphatic heterocycles. The fourth-order valence-corrected chi connectivity index (χ4v) is 2.29. The van der Waals surface area contributed by atoms with E-state index < -0.39 is 0 Å². The van der Waals surface area contributed by atoms with Gasteiger partial charge in [-0.3, -0.25) is 0 Å². The van der Waals surface area contributed by atoms with Gasteiger partial charge >= 0.3 is 0 Å². The summed E-state index contributed by atoms with van der Waals surface area (Å²) in [6.07, 6.45) is -0.131. The van der Waals surface area contributed by atoms with E-state index in [2.05, 4.69) is 23.0 Å². The molecule has 0 unspecified atom stereocenters. The second kappa shape index (κ2) is 7.79. The third kappa shape index (κ3) is 4.61. The van der Waals surface area contributed by atoms with Gasteiger partial charge in [0.2, 0.25) is 0 Å². The molecule has 16 heavy (non-hydrogen) atoms. The van der Waals surface area contributed by atoms with Crippen LogP contribution in [0.4, 0.5) is 0 Å². The number of ether oxygens (including phenoxy) is 2. The Morgan fingerprint density at radius 2 is 1.94 bits per heavy atom. The first-order valence-electron chi connectivity index (χ1n) is 5.73. The van der Waals surface area contributed by atoms with Gasteiger partial charge in [-0.15, -0.1) is 0 Å². The summed E-state index contributed by atoms with van der Waals surface area (Å²) in [4.78, 5) is 0. The minimum atomic E-state index is -0.131. The predicted octanol–water partition coefficient (Wildman–Crippen LogP) is 2.55. The van der Waals surface area contributed by atoms with E-state index in [1.807, 2.05) is 13.8 Å². The predicted molar refractivity (Wildman–Crippen MR) is 67.8 cm³/mol. The Morgan fingerprint density at radius 1 is 1.25 bits per heavy atom. The van der Waals surface area contributed by atoms with Crippen LogP contribution in [0, 0.1) is 6.92 Å². The number of hydrogen-bond donors (Lipinski definition) is 1. The normalized spacial score (nSPS) is 11.2. The Hall–Kier alpha value is -0.420. The molecule has 0 aliphatic rings. The van der Waals surface area contributed by atoms with Crippen molar-refractivity contribution in [2.75, 3.05) is 19.8 Å². The largest absolute Gasteiger partial charge is 0.352 e. The molecule has 0 atom stereocenters. The molecule has 0 fully saturated rings. The van der Waals surface area contributed by atoms with E-state index in [9.17, 15) is 0 Å². The molecule has 0 radical (unpaired) electrons.